The zero-order valence-electron chi connectivity index (χ0n) is 19.1. The van der Waals surface area contributed by atoms with Gasteiger partial charge < -0.3 is 14.9 Å². The molecular formula is C28H38O3. The summed E-state index contributed by atoms with van der Waals surface area (Å²) in [5, 5.41) is 20.3. The predicted octanol–water partition coefficient (Wildman–Crippen LogP) is 5.84. The largest absolute Gasteiger partial charge is 0.493 e. The topological polar surface area (TPSA) is 49.7 Å². The Bertz CT molecular complexity index is 823. The van der Waals surface area contributed by atoms with Gasteiger partial charge in [-0.15, -0.1) is 0 Å². The minimum atomic E-state index is -0.619. The molecule has 0 spiro atoms. The summed E-state index contributed by atoms with van der Waals surface area (Å²) in [6.07, 6.45) is 10.7. The third-order valence-electron chi connectivity index (χ3n) is 8.28. The van der Waals surface area contributed by atoms with Crippen LogP contribution >= 0.6 is 0 Å². The van der Waals surface area contributed by atoms with E-state index in [0.29, 0.717) is 41.6 Å². The number of hydrogen-bond donors (Lipinski definition) is 2. The summed E-state index contributed by atoms with van der Waals surface area (Å²) in [6.45, 7) is 9.46. The van der Waals surface area contributed by atoms with Crippen LogP contribution in [0.15, 0.2) is 65.8 Å². The maximum atomic E-state index is 10.1. The fourth-order valence-corrected chi connectivity index (χ4v) is 6.50. The van der Waals surface area contributed by atoms with Gasteiger partial charge in [0, 0.05) is 0 Å². The molecule has 3 aliphatic rings. The molecule has 168 valence electrons. The first-order chi connectivity index (χ1) is 14.9. The maximum absolute atomic E-state index is 10.1. The number of hydrogen-bond acceptors (Lipinski definition) is 3. The Balaban J connectivity index is 1.44. The van der Waals surface area contributed by atoms with Crippen LogP contribution in [0.2, 0.25) is 0 Å². The van der Waals surface area contributed by atoms with Crippen LogP contribution in [0.5, 0.6) is 5.75 Å². The minimum absolute atomic E-state index is 0.335. The zero-order valence-corrected chi connectivity index (χ0v) is 19.1. The van der Waals surface area contributed by atoms with Crippen molar-refractivity contribution in [3.05, 3.63) is 65.8 Å². The second-order valence-electron chi connectivity index (χ2n) is 10.3. The molecule has 0 radical (unpaired) electrons. The lowest BCUT2D eigenvalue weighted by Crippen LogP contribution is -2.37. The van der Waals surface area contributed by atoms with Crippen LogP contribution in [0.4, 0.5) is 0 Å². The van der Waals surface area contributed by atoms with Gasteiger partial charge in [-0.2, -0.15) is 0 Å². The van der Waals surface area contributed by atoms with E-state index in [0.717, 1.165) is 17.9 Å². The van der Waals surface area contributed by atoms with Gasteiger partial charge in [0.1, 0.15) is 5.75 Å². The number of aliphatic hydroxyl groups excluding tert-OH is 2. The van der Waals surface area contributed by atoms with E-state index in [2.05, 4.69) is 32.6 Å². The van der Waals surface area contributed by atoms with Gasteiger partial charge in [-0.3, -0.25) is 0 Å². The maximum Gasteiger partial charge on any atom is 0.119 e. The Kier molecular flexibility index (Phi) is 6.74. The van der Waals surface area contributed by atoms with Gasteiger partial charge >= 0.3 is 0 Å². The summed E-state index contributed by atoms with van der Waals surface area (Å²) >= 11 is 0. The summed E-state index contributed by atoms with van der Waals surface area (Å²) in [5.74, 6) is 2.81. The number of benzene rings is 1. The third kappa shape index (κ3) is 4.68. The Morgan fingerprint density at radius 1 is 1.13 bits per heavy atom. The van der Waals surface area contributed by atoms with Crippen LogP contribution in [0, 0.1) is 23.2 Å². The fourth-order valence-electron chi connectivity index (χ4n) is 6.50. The molecule has 3 saturated carbocycles. The first-order valence-electron chi connectivity index (χ1n) is 12.0. The van der Waals surface area contributed by atoms with E-state index in [1.165, 1.54) is 32.1 Å². The Morgan fingerprint density at radius 2 is 1.84 bits per heavy atom. The van der Waals surface area contributed by atoms with Crippen molar-refractivity contribution in [3.8, 4) is 5.75 Å². The molecule has 6 atom stereocenters. The standard InChI is InChI=1S/C28H38O3/c1-19(18-31-23-9-5-4-6-10-23)24-13-14-25-22(8-7-15-28(24,25)3)12-11-21-16-26(29)20(2)27(30)17-21/h4-6,9-12,19,24-27,29-30H,2,7-8,13-18H2,1,3H3/t19-,24-,25?,26-,27-,28?/m1/s1. The second kappa shape index (κ2) is 9.34. The van der Waals surface area contributed by atoms with Crippen molar-refractivity contribution in [1.29, 1.82) is 0 Å². The highest BCUT2D eigenvalue weighted by atomic mass is 16.5. The third-order valence-corrected chi connectivity index (χ3v) is 8.28. The van der Waals surface area contributed by atoms with E-state index in [-0.39, 0.29) is 0 Å². The first kappa shape index (κ1) is 22.4. The van der Waals surface area contributed by atoms with E-state index in [4.69, 9.17) is 4.74 Å². The highest BCUT2D eigenvalue weighted by molar-refractivity contribution is 5.29. The summed E-state index contributed by atoms with van der Waals surface area (Å²) in [4.78, 5) is 0. The van der Waals surface area contributed by atoms with Crippen molar-refractivity contribution in [2.45, 2.75) is 71.0 Å². The number of rotatable bonds is 5. The summed E-state index contributed by atoms with van der Waals surface area (Å²) in [6, 6.07) is 10.2. The van der Waals surface area contributed by atoms with Crippen molar-refractivity contribution >= 4 is 0 Å². The first-order valence-corrected chi connectivity index (χ1v) is 12.0. The smallest absolute Gasteiger partial charge is 0.119 e. The molecule has 3 fully saturated rings. The van der Waals surface area contributed by atoms with Gasteiger partial charge in [-0.05, 0) is 85.8 Å². The van der Waals surface area contributed by atoms with Crippen LogP contribution in [0.3, 0.4) is 0 Å². The molecule has 3 heteroatoms. The van der Waals surface area contributed by atoms with Gasteiger partial charge in [0.15, 0.2) is 0 Å². The molecular weight excluding hydrogens is 384 g/mol. The van der Waals surface area contributed by atoms with Crippen molar-refractivity contribution in [3.63, 3.8) is 0 Å². The fraction of sp³-hybridized carbons (Fsp3) is 0.571. The van der Waals surface area contributed by atoms with Crippen molar-refractivity contribution in [2.75, 3.05) is 6.61 Å². The lowest BCUT2D eigenvalue weighted by molar-refractivity contribution is 0.0747. The molecule has 2 unspecified atom stereocenters. The lowest BCUT2D eigenvalue weighted by atomic mass is 9.61. The van der Waals surface area contributed by atoms with E-state index in [1.807, 2.05) is 30.3 Å². The number of aliphatic hydroxyl groups is 2. The van der Waals surface area contributed by atoms with Crippen LogP contribution < -0.4 is 4.74 Å². The minimum Gasteiger partial charge on any atom is -0.493 e. The number of fused-ring (bicyclic) bond motifs is 1. The molecule has 0 amide bonds. The van der Waals surface area contributed by atoms with Crippen LogP contribution in [0.1, 0.15) is 58.8 Å². The molecule has 0 bridgehead atoms. The van der Waals surface area contributed by atoms with Gasteiger partial charge in [-0.1, -0.05) is 61.9 Å². The summed E-state index contributed by atoms with van der Waals surface area (Å²) in [7, 11) is 0. The molecule has 31 heavy (non-hydrogen) atoms. The average molecular weight is 423 g/mol. The van der Waals surface area contributed by atoms with Crippen LogP contribution in [-0.2, 0) is 0 Å². The summed E-state index contributed by atoms with van der Waals surface area (Å²) in [5.41, 5.74) is 3.59. The molecule has 1 aromatic rings. The summed E-state index contributed by atoms with van der Waals surface area (Å²) < 4.78 is 6.11. The Hall–Kier alpha value is -1.84. The van der Waals surface area contributed by atoms with Gasteiger partial charge in [0.2, 0.25) is 0 Å². The Morgan fingerprint density at radius 3 is 2.55 bits per heavy atom. The normalized spacial score (nSPS) is 35.7. The second-order valence-corrected chi connectivity index (χ2v) is 10.3. The van der Waals surface area contributed by atoms with Gasteiger partial charge in [-0.25, -0.2) is 0 Å². The molecule has 0 aromatic heterocycles. The lowest BCUT2D eigenvalue weighted by Gasteiger charge is -2.44. The molecule has 3 aliphatic carbocycles. The van der Waals surface area contributed by atoms with E-state index in [1.54, 1.807) is 5.57 Å². The molecule has 0 saturated heterocycles. The van der Waals surface area contributed by atoms with E-state index >= 15 is 0 Å². The monoisotopic (exact) mass is 422 g/mol. The van der Waals surface area contributed by atoms with E-state index in [9.17, 15) is 10.2 Å². The average Bonchev–Trinajstić information content (AvgIpc) is 3.12. The van der Waals surface area contributed by atoms with Crippen molar-refractivity contribution in [2.24, 2.45) is 23.2 Å². The molecule has 2 N–H and O–H groups in total. The van der Waals surface area contributed by atoms with Crippen LogP contribution in [-0.4, -0.2) is 29.0 Å². The van der Waals surface area contributed by atoms with Crippen LogP contribution in [0.25, 0.3) is 0 Å². The zero-order chi connectivity index (χ0) is 22.0. The van der Waals surface area contributed by atoms with Crippen molar-refractivity contribution < 1.29 is 14.9 Å². The Labute approximate surface area is 187 Å². The quantitative estimate of drug-likeness (QED) is 0.586. The molecule has 3 nitrogen and oxygen atoms in total. The number of allylic oxidation sites excluding steroid dienone is 3. The van der Waals surface area contributed by atoms with Gasteiger partial charge in [0.25, 0.3) is 0 Å². The number of ether oxygens (including phenoxy) is 1. The molecule has 0 aliphatic heterocycles. The highest BCUT2D eigenvalue weighted by Gasteiger charge is 2.50. The van der Waals surface area contributed by atoms with Gasteiger partial charge in [0.05, 0.1) is 18.8 Å². The van der Waals surface area contributed by atoms with Crippen molar-refractivity contribution in [1.82, 2.24) is 0 Å². The predicted molar refractivity (Wildman–Crippen MR) is 126 cm³/mol. The highest BCUT2D eigenvalue weighted by Crippen LogP contribution is 2.59. The SMILES string of the molecule is C=C1[C@H](O)CC(=CC=C2CCCC3(C)C2CC[C@@H]3[C@H](C)COc2ccccc2)C[C@H]1O. The number of para-hydroxylation sites is 1. The molecule has 4 rings (SSSR count). The molecule has 1 aromatic carbocycles. The molecule has 0 heterocycles. The van der Waals surface area contributed by atoms with E-state index < -0.39 is 12.2 Å².